The minimum atomic E-state index is -0.255. The van der Waals surface area contributed by atoms with Crippen molar-refractivity contribution in [3.63, 3.8) is 0 Å². The number of carbonyl (C=O) groups is 1. The van der Waals surface area contributed by atoms with E-state index >= 15 is 0 Å². The second-order valence-corrected chi connectivity index (χ2v) is 7.62. The van der Waals surface area contributed by atoms with Gasteiger partial charge >= 0.3 is 0 Å². The summed E-state index contributed by atoms with van der Waals surface area (Å²) in [4.78, 5) is 21.7. The molecule has 1 aliphatic carbocycles. The van der Waals surface area contributed by atoms with E-state index in [9.17, 15) is 4.79 Å². The van der Waals surface area contributed by atoms with E-state index in [0.717, 1.165) is 29.7 Å². The minimum Gasteiger partial charge on any atom is -0.411 e. The van der Waals surface area contributed by atoms with Gasteiger partial charge in [0.05, 0.1) is 11.9 Å². The molecule has 2 N–H and O–H groups in total. The van der Waals surface area contributed by atoms with E-state index in [2.05, 4.69) is 25.6 Å². The highest BCUT2D eigenvalue weighted by atomic mass is 16.5. The number of rotatable bonds is 4. The molecule has 3 heterocycles. The zero-order valence-corrected chi connectivity index (χ0v) is 16.8. The molecule has 1 unspecified atom stereocenters. The lowest BCUT2D eigenvalue weighted by Gasteiger charge is -2.09. The summed E-state index contributed by atoms with van der Waals surface area (Å²) in [6.07, 6.45) is 5.52. The van der Waals surface area contributed by atoms with E-state index in [0.29, 0.717) is 35.2 Å². The lowest BCUT2D eigenvalue weighted by Crippen LogP contribution is -2.15. The van der Waals surface area contributed by atoms with Gasteiger partial charge in [-0.05, 0) is 43.5 Å². The molecule has 0 aliphatic heterocycles. The summed E-state index contributed by atoms with van der Waals surface area (Å²) in [5, 5.41) is 19.3. The van der Waals surface area contributed by atoms with E-state index < -0.39 is 0 Å². The molecule has 156 valence electrons. The standard InChI is InChI=1S/C22H20N6O3/c1-13-5-6-14(20-25-22(31-27-20)15-7-8-16(10-15)26-30)11-17(13)24-21(29)18-12-23-19-4-2-3-9-28(18)19/h2-6,9,11-12,15,30H,7-8,10H2,1H3,(H,24,29). The van der Waals surface area contributed by atoms with Crippen LogP contribution >= 0.6 is 0 Å². The van der Waals surface area contributed by atoms with Crippen molar-refractivity contribution in [1.29, 1.82) is 0 Å². The third-order valence-electron chi connectivity index (χ3n) is 5.59. The van der Waals surface area contributed by atoms with Crippen LogP contribution in [0.5, 0.6) is 0 Å². The van der Waals surface area contributed by atoms with Crippen LogP contribution in [0.4, 0.5) is 5.69 Å². The summed E-state index contributed by atoms with van der Waals surface area (Å²) >= 11 is 0. The Kier molecular flexibility index (Phi) is 4.70. The van der Waals surface area contributed by atoms with Crippen molar-refractivity contribution in [2.75, 3.05) is 5.32 Å². The van der Waals surface area contributed by atoms with Crippen molar-refractivity contribution in [2.45, 2.75) is 32.1 Å². The molecule has 1 amide bonds. The Morgan fingerprint density at radius 1 is 1.32 bits per heavy atom. The highest BCUT2D eigenvalue weighted by Crippen LogP contribution is 2.33. The Morgan fingerprint density at radius 2 is 2.23 bits per heavy atom. The summed E-state index contributed by atoms with van der Waals surface area (Å²) in [5.74, 6) is 0.793. The first kappa shape index (κ1) is 19.0. The molecule has 3 aromatic heterocycles. The molecule has 1 saturated carbocycles. The molecule has 1 fully saturated rings. The lowest BCUT2D eigenvalue weighted by molar-refractivity contribution is 0.102. The number of imidazole rings is 1. The highest BCUT2D eigenvalue weighted by molar-refractivity contribution is 6.04. The van der Waals surface area contributed by atoms with E-state index in [1.54, 1.807) is 16.8 Å². The van der Waals surface area contributed by atoms with Gasteiger partial charge in [0.25, 0.3) is 5.91 Å². The van der Waals surface area contributed by atoms with Crippen LogP contribution in [0.1, 0.15) is 47.1 Å². The predicted molar refractivity (Wildman–Crippen MR) is 113 cm³/mol. The molecule has 4 aromatic rings. The number of oxime groups is 1. The molecule has 0 radical (unpaired) electrons. The van der Waals surface area contributed by atoms with Gasteiger partial charge in [-0.15, -0.1) is 0 Å². The molecule has 0 spiro atoms. The number of nitrogens with zero attached hydrogens (tertiary/aromatic N) is 5. The van der Waals surface area contributed by atoms with Crippen molar-refractivity contribution in [3.05, 3.63) is 65.9 Å². The normalized spacial score (nSPS) is 17.5. The van der Waals surface area contributed by atoms with Crippen LogP contribution < -0.4 is 5.32 Å². The van der Waals surface area contributed by atoms with Crippen molar-refractivity contribution < 1.29 is 14.5 Å². The number of carbonyl (C=O) groups excluding carboxylic acids is 1. The molecule has 1 atom stereocenters. The molecule has 9 nitrogen and oxygen atoms in total. The number of hydrogen-bond donors (Lipinski definition) is 2. The average Bonchev–Trinajstić information content (AvgIpc) is 3.53. The number of amides is 1. The molecule has 5 rings (SSSR count). The van der Waals surface area contributed by atoms with Gasteiger partial charge in [-0.2, -0.15) is 4.98 Å². The fourth-order valence-corrected chi connectivity index (χ4v) is 3.83. The number of pyridine rings is 1. The number of aromatic nitrogens is 4. The van der Waals surface area contributed by atoms with Gasteiger partial charge in [-0.3, -0.25) is 9.20 Å². The Hall–Kier alpha value is -4.01. The van der Waals surface area contributed by atoms with Gasteiger partial charge < -0.3 is 15.0 Å². The summed E-state index contributed by atoms with van der Waals surface area (Å²) in [5.41, 5.74) is 4.22. The second kappa shape index (κ2) is 7.67. The minimum absolute atomic E-state index is 0.0620. The molecule has 1 aromatic carbocycles. The second-order valence-electron chi connectivity index (χ2n) is 7.62. The van der Waals surface area contributed by atoms with Crippen molar-refractivity contribution in [2.24, 2.45) is 5.16 Å². The molecular weight excluding hydrogens is 396 g/mol. The monoisotopic (exact) mass is 416 g/mol. The molecule has 31 heavy (non-hydrogen) atoms. The lowest BCUT2D eigenvalue weighted by atomic mass is 10.1. The zero-order chi connectivity index (χ0) is 21.4. The fourth-order valence-electron chi connectivity index (χ4n) is 3.83. The highest BCUT2D eigenvalue weighted by Gasteiger charge is 2.28. The van der Waals surface area contributed by atoms with E-state index in [1.165, 1.54) is 0 Å². The Morgan fingerprint density at radius 3 is 3.06 bits per heavy atom. The number of aryl methyl sites for hydroxylation is 1. The summed E-state index contributed by atoms with van der Waals surface area (Å²) in [6.45, 7) is 1.92. The number of benzene rings is 1. The van der Waals surface area contributed by atoms with E-state index in [-0.39, 0.29) is 11.8 Å². The summed E-state index contributed by atoms with van der Waals surface area (Å²) in [7, 11) is 0. The number of nitrogens with one attached hydrogen (secondary N) is 1. The predicted octanol–water partition coefficient (Wildman–Crippen LogP) is 4.04. The first-order valence-corrected chi connectivity index (χ1v) is 10.0. The van der Waals surface area contributed by atoms with Gasteiger partial charge in [0.15, 0.2) is 0 Å². The maximum atomic E-state index is 12.9. The van der Waals surface area contributed by atoms with Crippen LogP contribution in [-0.4, -0.2) is 36.4 Å². The molecule has 0 bridgehead atoms. The van der Waals surface area contributed by atoms with Crippen molar-refractivity contribution in [1.82, 2.24) is 19.5 Å². The van der Waals surface area contributed by atoms with Gasteiger partial charge in [-0.1, -0.05) is 28.5 Å². The Bertz CT molecular complexity index is 1310. The van der Waals surface area contributed by atoms with Gasteiger partial charge in [0, 0.05) is 29.8 Å². The third-order valence-corrected chi connectivity index (χ3v) is 5.59. The SMILES string of the molecule is Cc1ccc(-c2noc(C3CCC(=NO)C3)n2)cc1NC(=O)c1cnc2ccccn12. The first-order chi connectivity index (χ1) is 15.1. The summed E-state index contributed by atoms with van der Waals surface area (Å²) < 4.78 is 7.20. The van der Waals surface area contributed by atoms with Crippen molar-refractivity contribution >= 4 is 23.0 Å². The molecule has 0 saturated heterocycles. The molecule has 1 aliphatic rings. The van der Waals surface area contributed by atoms with Crippen LogP contribution in [0.15, 0.2) is 58.5 Å². The third kappa shape index (κ3) is 3.54. The zero-order valence-electron chi connectivity index (χ0n) is 16.8. The van der Waals surface area contributed by atoms with Crippen molar-refractivity contribution in [3.8, 4) is 11.4 Å². The van der Waals surface area contributed by atoms with Crippen LogP contribution in [0.25, 0.3) is 17.0 Å². The molecule has 9 heteroatoms. The maximum Gasteiger partial charge on any atom is 0.274 e. The van der Waals surface area contributed by atoms with Gasteiger partial charge in [0.2, 0.25) is 11.7 Å². The Balaban J connectivity index is 1.39. The van der Waals surface area contributed by atoms with Crippen LogP contribution in [0, 0.1) is 6.92 Å². The smallest absolute Gasteiger partial charge is 0.274 e. The average molecular weight is 416 g/mol. The summed E-state index contributed by atoms with van der Waals surface area (Å²) in [6, 6.07) is 11.2. The maximum absolute atomic E-state index is 12.9. The van der Waals surface area contributed by atoms with Crippen LogP contribution in [0.3, 0.4) is 0 Å². The number of hydrogen-bond acceptors (Lipinski definition) is 7. The quantitative estimate of drug-likeness (QED) is 0.383. The number of fused-ring (bicyclic) bond motifs is 1. The number of anilines is 1. The topological polar surface area (TPSA) is 118 Å². The van der Waals surface area contributed by atoms with Crippen LogP contribution in [0.2, 0.25) is 0 Å². The van der Waals surface area contributed by atoms with Gasteiger partial charge in [0.1, 0.15) is 11.3 Å². The fraction of sp³-hybridized carbons (Fsp3) is 0.227. The largest absolute Gasteiger partial charge is 0.411 e. The van der Waals surface area contributed by atoms with E-state index in [1.807, 2.05) is 43.3 Å². The molecular formula is C22H20N6O3. The van der Waals surface area contributed by atoms with Crippen LogP contribution in [-0.2, 0) is 0 Å². The first-order valence-electron chi connectivity index (χ1n) is 10.0. The van der Waals surface area contributed by atoms with E-state index in [4.69, 9.17) is 9.73 Å². The van der Waals surface area contributed by atoms with Gasteiger partial charge in [-0.25, -0.2) is 4.98 Å². The Labute approximate surface area is 177 Å².